The summed E-state index contributed by atoms with van der Waals surface area (Å²) < 4.78 is 23.7. The second-order valence-corrected chi connectivity index (χ2v) is 8.04. The third-order valence-corrected chi connectivity index (χ3v) is 5.74. The van der Waals surface area contributed by atoms with E-state index in [1.807, 2.05) is 0 Å². The number of carbonyl (C=O) groups excluding carboxylic acids is 1. The lowest BCUT2D eigenvalue weighted by molar-refractivity contribution is -0.422. The molecule has 132 valence electrons. The first kappa shape index (κ1) is 16.9. The van der Waals surface area contributed by atoms with E-state index in [9.17, 15) is 23.1 Å². The number of carbonyl (C=O) groups is 2. The standard InChI is InChI=1S/C14H20N4O5S/c15-14(4-5-14)13(21)17-6-1-9(2-7-17)10-3-8-18(24(16,22)23)11(10)12(19)20/h3,8-9H,1-2,4-7,15H2,(H,19,20)(H2,16,22,23)/p+1. The Morgan fingerprint density at radius 2 is 1.88 bits per heavy atom. The van der Waals surface area contributed by atoms with Crippen LogP contribution in [0.1, 0.15) is 47.7 Å². The van der Waals surface area contributed by atoms with Crippen LogP contribution in [0.2, 0.25) is 0 Å². The Hall–Kier alpha value is -1.91. The lowest BCUT2D eigenvalue weighted by Crippen LogP contribution is -2.71. The Balaban J connectivity index is 1.78. The molecule has 6 N–H and O–H groups in total. The molecule has 0 spiro atoms. The lowest BCUT2D eigenvalue weighted by atomic mass is 9.89. The predicted octanol–water partition coefficient (Wildman–Crippen LogP) is -1.28. The molecule has 1 aliphatic carbocycles. The Labute approximate surface area is 139 Å². The quantitative estimate of drug-likeness (QED) is 0.613. The molecular formula is C14H21N4O5S+. The summed E-state index contributed by atoms with van der Waals surface area (Å²) in [6.45, 7) is 1.03. The molecular weight excluding hydrogens is 336 g/mol. The zero-order valence-electron chi connectivity index (χ0n) is 13.1. The second kappa shape index (κ2) is 5.57. The van der Waals surface area contributed by atoms with Crippen molar-refractivity contribution in [1.82, 2.24) is 8.87 Å². The third kappa shape index (κ3) is 2.92. The van der Waals surface area contributed by atoms with Gasteiger partial charge >= 0.3 is 16.2 Å². The van der Waals surface area contributed by atoms with Gasteiger partial charge in [0, 0.05) is 32.1 Å². The first-order valence-electron chi connectivity index (χ1n) is 7.76. The summed E-state index contributed by atoms with van der Waals surface area (Å²) >= 11 is 0. The van der Waals surface area contributed by atoms with Crippen molar-refractivity contribution >= 4 is 22.1 Å². The summed E-state index contributed by atoms with van der Waals surface area (Å²) in [6.07, 6.45) is 3.95. The molecule has 2 heterocycles. The highest BCUT2D eigenvalue weighted by atomic mass is 32.2. The summed E-state index contributed by atoms with van der Waals surface area (Å²) in [5, 5.41) is 14.4. The van der Waals surface area contributed by atoms with Gasteiger partial charge in [-0.25, -0.2) is 13.9 Å². The molecule has 2 fully saturated rings. The van der Waals surface area contributed by atoms with Crippen molar-refractivity contribution in [2.75, 3.05) is 13.1 Å². The molecule has 3 rings (SSSR count). The molecule has 1 aromatic heterocycles. The molecule has 24 heavy (non-hydrogen) atoms. The fourth-order valence-corrected chi connectivity index (χ4v) is 3.95. The van der Waals surface area contributed by atoms with Gasteiger partial charge in [0.25, 0.3) is 5.91 Å². The molecule has 1 aromatic rings. The zero-order valence-corrected chi connectivity index (χ0v) is 14.0. The first-order chi connectivity index (χ1) is 11.1. The molecule has 0 bridgehead atoms. The lowest BCUT2D eigenvalue weighted by Gasteiger charge is -2.32. The molecule has 1 saturated heterocycles. The Bertz CT molecular complexity index is 788. The molecule has 0 atom stereocenters. The minimum atomic E-state index is -4.17. The fraction of sp³-hybridized carbons (Fsp3) is 0.571. The number of rotatable bonds is 4. The maximum absolute atomic E-state index is 12.3. The van der Waals surface area contributed by atoms with Gasteiger partial charge in [-0.3, -0.25) is 4.79 Å². The van der Waals surface area contributed by atoms with E-state index < -0.39 is 21.7 Å². The van der Waals surface area contributed by atoms with Crippen LogP contribution >= 0.6 is 0 Å². The summed E-state index contributed by atoms with van der Waals surface area (Å²) in [6, 6.07) is 1.49. The smallest absolute Gasteiger partial charge is 0.353 e. The van der Waals surface area contributed by atoms with Crippen LogP contribution in [0.4, 0.5) is 0 Å². The van der Waals surface area contributed by atoms with Crippen molar-refractivity contribution in [3.8, 4) is 0 Å². The number of hydrogen-bond acceptors (Lipinski definition) is 4. The number of likely N-dealkylation sites (tertiary alicyclic amines) is 1. The van der Waals surface area contributed by atoms with Gasteiger partial charge in [-0.2, -0.15) is 8.42 Å². The van der Waals surface area contributed by atoms with Gasteiger partial charge in [-0.1, -0.05) is 0 Å². The number of nitrogens with two attached hydrogens (primary N) is 1. The normalized spacial score (nSPS) is 20.8. The number of carboxylic acids is 1. The van der Waals surface area contributed by atoms with Crippen molar-refractivity contribution < 1.29 is 28.8 Å². The van der Waals surface area contributed by atoms with Crippen LogP contribution in [0.15, 0.2) is 12.3 Å². The van der Waals surface area contributed by atoms with Crippen LogP contribution in [-0.2, 0) is 15.0 Å². The number of aromatic nitrogens is 1. The topological polar surface area (TPSA) is 150 Å². The maximum Gasteiger partial charge on any atom is 0.353 e. The minimum absolute atomic E-state index is 0.0570. The average Bonchev–Trinajstić information content (AvgIpc) is 3.10. The van der Waals surface area contributed by atoms with Gasteiger partial charge in [-0.05, 0) is 30.4 Å². The predicted molar refractivity (Wildman–Crippen MR) is 83.3 cm³/mol. The van der Waals surface area contributed by atoms with Crippen molar-refractivity contribution in [3.63, 3.8) is 0 Å². The van der Waals surface area contributed by atoms with Gasteiger partial charge in [-0.15, -0.1) is 0 Å². The Morgan fingerprint density at radius 3 is 2.33 bits per heavy atom. The van der Waals surface area contributed by atoms with Gasteiger partial charge in [0.2, 0.25) is 0 Å². The number of carboxylic acid groups (broad SMARTS) is 1. The SMILES string of the molecule is NS(=O)(=O)n1ccc(C2CCN(C(=O)C3([NH3+])CC3)CC2)c1C(=O)O. The molecule has 1 aliphatic heterocycles. The molecule has 0 aromatic carbocycles. The number of aromatic carboxylic acids is 1. The van der Waals surface area contributed by atoms with Gasteiger partial charge in [0.1, 0.15) is 5.69 Å². The highest BCUT2D eigenvalue weighted by Crippen LogP contribution is 2.36. The van der Waals surface area contributed by atoms with Crippen molar-refractivity contribution in [2.24, 2.45) is 5.14 Å². The molecule has 0 unspecified atom stereocenters. The van der Waals surface area contributed by atoms with E-state index in [2.05, 4.69) is 5.73 Å². The molecule has 9 nitrogen and oxygen atoms in total. The van der Waals surface area contributed by atoms with E-state index in [-0.39, 0.29) is 17.5 Å². The van der Waals surface area contributed by atoms with E-state index in [0.29, 0.717) is 35.5 Å². The van der Waals surface area contributed by atoms with Gasteiger partial charge in [0.05, 0.1) is 0 Å². The van der Waals surface area contributed by atoms with Crippen LogP contribution in [0, 0.1) is 0 Å². The molecule has 0 radical (unpaired) electrons. The summed E-state index contributed by atoms with van der Waals surface area (Å²) in [5.41, 5.74) is 3.61. The van der Waals surface area contributed by atoms with Crippen LogP contribution < -0.4 is 10.9 Å². The molecule has 1 saturated carbocycles. The number of quaternary nitrogens is 1. The van der Waals surface area contributed by atoms with E-state index in [0.717, 1.165) is 12.8 Å². The average molecular weight is 357 g/mol. The van der Waals surface area contributed by atoms with Crippen molar-refractivity contribution in [1.29, 1.82) is 0 Å². The highest BCUT2D eigenvalue weighted by Gasteiger charge is 2.53. The third-order valence-electron chi connectivity index (χ3n) is 4.89. The summed E-state index contributed by atoms with van der Waals surface area (Å²) in [5.74, 6) is -1.40. The van der Waals surface area contributed by atoms with Gasteiger partial charge in [0.15, 0.2) is 5.54 Å². The Kier molecular flexibility index (Phi) is 3.93. The number of piperidine rings is 1. The van der Waals surface area contributed by atoms with Crippen LogP contribution in [0.25, 0.3) is 0 Å². The fourth-order valence-electron chi connectivity index (χ4n) is 3.28. The van der Waals surface area contributed by atoms with Crippen LogP contribution in [0.3, 0.4) is 0 Å². The number of amides is 1. The summed E-state index contributed by atoms with van der Waals surface area (Å²) in [4.78, 5) is 25.6. The summed E-state index contributed by atoms with van der Waals surface area (Å²) in [7, 11) is -4.17. The Morgan fingerprint density at radius 1 is 1.29 bits per heavy atom. The number of hydrogen-bond donors (Lipinski definition) is 3. The molecule has 1 amide bonds. The van der Waals surface area contributed by atoms with Gasteiger partial charge < -0.3 is 15.7 Å². The van der Waals surface area contributed by atoms with E-state index in [1.165, 1.54) is 12.3 Å². The maximum atomic E-state index is 12.3. The van der Waals surface area contributed by atoms with E-state index in [1.54, 1.807) is 4.90 Å². The monoisotopic (exact) mass is 357 g/mol. The highest BCUT2D eigenvalue weighted by molar-refractivity contribution is 7.87. The van der Waals surface area contributed by atoms with E-state index in [4.69, 9.17) is 5.14 Å². The molecule has 2 aliphatic rings. The molecule has 10 heteroatoms. The number of nitrogens with zero attached hydrogens (tertiary/aromatic N) is 2. The first-order valence-corrected chi connectivity index (χ1v) is 9.26. The van der Waals surface area contributed by atoms with Crippen molar-refractivity contribution in [3.05, 3.63) is 23.5 Å². The van der Waals surface area contributed by atoms with Crippen LogP contribution in [-0.4, -0.2) is 52.9 Å². The van der Waals surface area contributed by atoms with Crippen molar-refractivity contribution in [2.45, 2.75) is 37.1 Å². The zero-order chi connectivity index (χ0) is 17.7. The minimum Gasteiger partial charge on any atom is -0.477 e. The van der Waals surface area contributed by atoms with E-state index >= 15 is 0 Å². The van der Waals surface area contributed by atoms with Crippen LogP contribution in [0.5, 0.6) is 0 Å². The second-order valence-electron chi connectivity index (χ2n) is 6.61. The largest absolute Gasteiger partial charge is 0.477 e.